The van der Waals surface area contributed by atoms with Gasteiger partial charge in [0.1, 0.15) is 0 Å². The summed E-state index contributed by atoms with van der Waals surface area (Å²) in [5.74, 6) is 2.46. The van der Waals surface area contributed by atoms with E-state index in [0.29, 0.717) is 25.3 Å². The molecular weight excluding hydrogens is 320 g/mol. The van der Waals surface area contributed by atoms with Crippen molar-refractivity contribution < 1.29 is 14.3 Å². The van der Waals surface area contributed by atoms with Crippen molar-refractivity contribution in [3.8, 4) is 11.5 Å². The molecule has 4 rings (SSSR count). The van der Waals surface area contributed by atoms with Crippen molar-refractivity contribution >= 4 is 11.7 Å². The number of ether oxygens (including phenoxy) is 2. The van der Waals surface area contributed by atoms with E-state index < -0.39 is 0 Å². The monoisotopic (exact) mass is 340 g/mol. The Morgan fingerprint density at radius 3 is 2.60 bits per heavy atom. The van der Waals surface area contributed by atoms with Crippen molar-refractivity contribution in [2.75, 3.05) is 37.9 Å². The zero-order chi connectivity index (χ0) is 17.2. The van der Waals surface area contributed by atoms with Crippen LogP contribution in [0.4, 0.5) is 5.82 Å². The van der Waals surface area contributed by atoms with E-state index in [1.54, 1.807) is 0 Å². The van der Waals surface area contributed by atoms with Crippen LogP contribution in [0.2, 0.25) is 0 Å². The Labute approximate surface area is 146 Å². The number of amides is 1. The summed E-state index contributed by atoms with van der Waals surface area (Å²) in [6.45, 7) is 5.09. The molecule has 3 heterocycles. The second-order valence-electron chi connectivity index (χ2n) is 6.27. The molecule has 0 saturated carbocycles. The number of piperazine rings is 1. The first-order valence-corrected chi connectivity index (χ1v) is 8.40. The summed E-state index contributed by atoms with van der Waals surface area (Å²) < 4.78 is 10.7. The first-order valence-electron chi connectivity index (χ1n) is 8.40. The van der Waals surface area contributed by atoms with E-state index in [1.807, 2.05) is 42.2 Å². The van der Waals surface area contributed by atoms with E-state index in [9.17, 15) is 4.79 Å². The summed E-state index contributed by atoms with van der Waals surface area (Å²) in [5.41, 5.74) is 1.85. The number of anilines is 1. The number of fused-ring (bicyclic) bond motifs is 1. The Balaban J connectivity index is 1.34. The molecule has 0 bridgehead atoms. The third-order valence-electron chi connectivity index (χ3n) is 4.53. The van der Waals surface area contributed by atoms with Crippen molar-refractivity contribution in [1.29, 1.82) is 0 Å². The highest BCUT2D eigenvalue weighted by atomic mass is 16.7. The first kappa shape index (κ1) is 15.7. The van der Waals surface area contributed by atoms with Crippen LogP contribution < -0.4 is 14.4 Å². The highest BCUT2D eigenvalue weighted by molar-refractivity contribution is 5.79. The highest BCUT2D eigenvalue weighted by Crippen LogP contribution is 2.32. The summed E-state index contributed by atoms with van der Waals surface area (Å²) in [6, 6.07) is 9.60. The topological polar surface area (TPSA) is 67.8 Å². The molecule has 0 radical (unpaired) electrons. The minimum Gasteiger partial charge on any atom is -0.454 e. The lowest BCUT2D eigenvalue weighted by atomic mass is 10.1. The molecule has 2 aliphatic rings. The number of aryl methyl sites for hydroxylation is 1. The number of hydrogen-bond acceptors (Lipinski definition) is 6. The summed E-state index contributed by atoms with van der Waals surface area (Å²) >= 11 is 0. The summed E-state index contributed by atoms with van der Waals surface area (Å²) in [4.78, 5) is 16.6. The molecule has 0 N–H and O–H groups in total. The van der Waals surface area contributed by atoms with Crippen LogP contribution in [0.3, 0.4) is 0 Å². The van der Waals surface area contributed by atoms with Gasteiger partial charge in [0.15, 0.2) is 17.3 Å². The lowest BCUT2D eigenvalue weighted by Gasteiger charge is -2.35. The summed E-state index contributed by atoms with van der Waals surface area (Å²) in [7, 11) is 0. The molecular formula is C18H20N4O3. The van der Waals surface area contributed by atoms with E-state index in [2.05, 4.69) is 15.1 Å². The number of hydrogen-bond donors (Lipinski definition) is 0. The van der Waals surface area contributed by atoms with Crippen molar-refractivity contribution in [3.63, 3.8) is 0 Å². The van der Waals surface area contributed by atoms with Crippen molar-refractivity contribution in [2.24, 2.45) is 0 Å². The van der Waals surface area contributed by atoms with Gasteiger partial charge in [0.05, 0.1) is 12.1 Å². The maximum absolute atomic E-state index is 12.6. The predicted molar refractivity (Wildman–Crippen MR) is 91.8 cm³/mol. The van der Waals surface area contributed by atoms with Crippen molar-refractivity contribution in [2.45, 2.75) is 13.3 Å². The maximum atomic E-state index is 12.6. The van der Waals surface area contributed by atoms with Gasteiger partial charge in [0.2, 0.25) is 12.7 Å². The van der Waals surface area contributed by atoms with Crippen molar-refractivity contribution in [1.82, 2.24) is 15.1 Å². The lowest BCUT2D eigenvalue weighted by Crippen LogP contribution is -2.49. The summed E-state index contributed by atoms with van der Waals surface area (Å²) in [5, 5.41) is 8.32. The zero-order valence-corrected chi connectivity index (χ0v) is 14.1. The molecule has 7 heteroatoms. The van der Waals surface area contributed by atoms with Crippen LogP contribution in [0.5, 0.6) is 11.5 Å². The molecule has 1 aromatic heterocycles. The molecule has 1 fully saturated rings. The lowest BCUT2D eigenvalue weighted by molar-refractivity contribution is -0.130. The second kappa shape index (κ2) is 6.58. The number of carbonyl (C=O) groups excluding carboxylic acids is 1. The third kappa shape index (κ3) is 3.35. The van der Waals surface area contributed by atoms with Gasteiger partial charge in [-0.25, -0.2) is 0 Å². The molecule has 130 valence electrons. The van der Waals surface area contributed by atoms with Crippen LogP contribution in [0, 0.1) is 6.92 Å². The molecule has 1 saturated heterocycles. The van der Waals surface area contributed by atoms with Crippen LogP contribution in [0.15, 0.2) is 30.3 Å². The number of carbonyl (C=O) groups is 1. The van der Waals surface area contributed by atoms with E-state index in [4.69, 9.17) is 9.47 Å². The van der Waals surface area contributed by atoms with Gasteiger partial charge in [-0.15, -0.1) is 5.10 Å². The fourth-order valence-corrected chi connectivity index (χ4v) is 3.08. The van der Waals surface area contributed by atoms with Gasteiger partial charge in [-0.2, -0.15) is 5.10 Å². The van der Waals surface area contributed by atoms with Gasteiger partial charge in [-0.1, -0.05) is 6.07 Å². The third-order valence-corrected chi connectivity index (χ3v) is 4.53. The largest absolute Gasteiger partial charge is 0.454 e. The Morgan fingerprint density at radius 2 is 1.84 bits per heavy atom. The minimum absolute atomic E-state index is 0.133. The van der Waals surface area contributed by atoms with Gasteiger partial charge < -0.3 is 19.3 Å². The standard InChI is InChI=1S/C18H20N4O3/c1-13-2-5-17(20-19-13)21-6-8-22(9-7-21)18(23)11-14-3-4-15-16(10-14)25-12-24-15/h2-5,10H,6-9,11-12H2,1H3. The molecule has 25 heavy (non-hydrogen) atoms. The van der Waals surface area contributed by atoms with Crippen molar-refractivity contribution in [3.05, 3.63) is 41.6 Å². The molecule has 0 atom stereocenters. The fraction of sp³-hybridized carbons (Fsp3) is 0.389. The minimum atomic E-state index is 0.133. The van der Waals surface area contributed by atoms with Gasteiger partial charge in [0, 0.05) is 26.2 Å². The zero-order valence-electron chi connectivity index (χ0n) is 14.1. The van der Waals surface area contributed by atoms with Crippen LogP contribution in [0.1, 0.15) is 11.3 Å². The molecule has 2 aliphatic heterocycles. The normalized spacial score (nSPS) is 16.2. The Morgan fingerprint density at radius 1 is 1.04 bits per heavy atom. The number of nitrogens with zero attached hydrogens (tertiary/aromatic N) is 4. The van der Waals surface area contributed by atoms with Gasteiger partial charge in [-0.3, -0.25) is 4.79 Å². The quantitative estimate of drug-likeness (QED) is 0.841. The molecule has 0 aliphatic carbocycles. The van der Waals surface area contributed by atoms with Crippen LogP contribution in [-0.2, 0) is 11.2 Å². The van der Waals surface area contributed by atoms with Gasteiger partial charge in [0.25, 0.3) is 0 Å². The predicted octanol–water partition coefficient (Wildman–Crippen LogP) is 1.41. The molecule has 2 aromatic rings. The van der Waals surface area contributed by atoms with E-state index in [0.717, 1.165) is 35.9 Å². The van der Waals surface area contributed by atoms with Gasteiger partial charge in [-0.05, 0) is 36.8 Å². The molecule has 7 nitrogen and oxygen atoms in total. The maximum Gasteiger partial charge on any atom is 0.231 e. The average Bonchev–Trinajstić information content (AvgIpc) is 3.10. The molecule has 1 aromatic carbocycles. The van der Waals surface area contributed by atoms with E-state index in [1.165, 1.54) is 0 Å². The van der Waals surface area contributed by atoms with E-state index >= 15 is 0 Å². The van der Waals surface area contributed by atoms with Crippen LogP contribution >= 0.6 is 0 Å². The van der Waals surface area contributed by atoms with E-state index in [-0.39, 0.29) is 12.7 Å². The average molecular weight is 340 g/mol. The summed E-state index contributed by atoms with van der Waals surface area (Å²) in [6.07, 6.45) is 0.376. The number of rotatable bonds is 3. The SMILES string of the molecule is Cc1ccc(N2CCN(C(=O)Cc3ccc4c(c3)OCO4)CC2)nn1. The Kier molecular flexibility index (Phi) is 4.13. The molecule has 1 amide bonds. The second-order valence-corrected chi connectivity index (χ2v) is 6.27. The highest BCUT2D eigenvalue weighted by Gasteiger charge is 2.23. The van der Waals surface area contributed by atoms with Crippen LogP contribution in [0.25, 0.3) is 0 Å². The van der Waals surface area contributed by atoms with Gasteiger partial charge >= 0.3 is 0 Å². The molecule has 0 spiro atoms. The fourth-order valence-electron chi connectivity index (χ4n) is 3.08. The first-order chi connectivity index (χ1) is 12.2. The Bertz CT molecular complexity index is 770. The van der Waals surface area contributed by atoms with Crippen LogP contribution in [-0.4, -0.2) is 54.0 Å². The molecule has 0 unspecified atom stereocenters. The Hall–Kier alpha value is -2.83. The number of benzene rings is 1. The smallest absolute Gasteiger partial charge is 0.231 e. The number of aromatic nitrogens is 2.